The minimum atomic E-state index is 0. The van der Waals surface area contributed by atoms with E-state index >= 15 is 0 Å². The molecule has 2 heteroatoms. The number of rotatable bonds is 1. The molecule has 0 aromatic heterocycles. The van der Waals surface area contributed by atoms with Gasteiger partial charge in [0.25, 0.3) is 0 Å². The summed E-state index contributed by atoms with van der Waals surface area (Å²) >= 11 is 0. The van der Waals surface area contributed by atoms with Crippen molar-refractivity contribution < 1.29 is 17.0 Å². The van der Waals surface area contributed by atoms with Gasteiger partial charge in [0.2, 0.25) is 0 Å². The van der Waals surface area contributed by atoms with E-state index in [-0.39, 0.29) is 46.0 Å². The third kappa shape index (κ3) is 4.15. The zero-order valence-corrected chi connectivity index (χ0v) is 10.0. The standard InChI is InChI=1S/C10H9.BrH.Mg/c1-3-9(2)10-7-5-4-6-8-10;;/h4-9H,2H3;1H;/q-1;;+2/p-1. The Balaban J connectivity index is 0. The average Bonchev–Trinajstić information content (AvgIpc) is 2.05. The first-order chi connectivity index (χ1) is 4.84. The Kier molecular flexibility index (Phi) is 9.29. The van der Waals surface area contributed by atoms with Crippen LogP contribution in [0.5, 0.6) is 0 Å². The number of halogens is 1. The van der Waals surface area contributed by atoms with E-state index in [0.29, 0.717) is 0 Å². The van der Waals surface area contributed by atoms with Gasteiger partial charge < -0.3 is 29.3 Å². The fraction of sp³-hybridized carbons (Fsp3) is 0.200. The minimum Gasteiger partial charge on any atom is -1.00 e. The van der Waals surface area contributed by atoms with Gasteiger partial charge in [-0.15, -0.1) is 0 Å². The summed E-state index contributed by atoms with van der Waals surface area (Å²) < 4.78 is 0. The Bertz CT molecular complexity index is 238. The predicted molar refractivity (Wildman–Crippen MR) is 47.7 cm³/mol. The molecule has 0 aliphatic carbocycles. The van der Waals surface area contributed by atoms with E-state index in [1.165, 1.54) is 0 Å². The number of hydrogen-bond donors (Lipinski definition) is 0. The van der Waals surface area contributed by atoms with E-state index in [0.717, 1.165) is 5.56 Å². The second-order valence-electron chi connectivity index (χ2n) is 2.28. The van der Waals surface area contributed by atoms with Gasteiger partial charge in [-0.1, -0.05) is 37.3 Å². The second-order valence-corrected chi connectivity index (χ2v) is 2.28. The molecule has 0 N–H and O–H groups in total. The molecule has 0 saturated heterocycles. The monoisotopic (exact) mass is 232 g/mol. The van der Waals surface area contributed by atoms with Gasteiger partial charge in [0.15, 0.2) is 0 Å². The molecule has 1 aromatic rings. The van der Waals surface area contributed by atoms with Crippen molar-refractivity contribution in [2.24, 2.45) is 0 Å². The molecule has 1 rings (SSSR count). The van der Waals surface area contributed by atoms with Gasteiger partial charge in [0.1, 0.15) is 0 Å². The van der Waals surface area contributed by atoms with Crippen molar-refractivity contribution in [2.45, 2.75) is 12.8 Å². The Hall–Kier alpha value is 0.0262. The molecule has 0 saturated carbocycles. The molecule has 0 bridgehead atoms. The topological polar surface area (TPSA) is 0 Å². The molecule has 0 radical (unpaired) electrons. The minimum absolute atomic E-state index is 0. The largest absolute Gasteiger partial charge is 2.00 e. The summed E-state index contributed by atoms with van der Waals surface area (Å²) in [6, 6.07) is 9.94. The molecule has 1 unspecified atom stereocenters. The Morgan fingerprint density at radius 3 is 2.17 bits per heavy atom. The predicted octanol–water partition coefficient (Wildman–Crippen LogP) is -0.997. The van der Waals surface area contributed by atoms with Crippen LogP contribution in [0.4, 0.5) is 0 Å². The number of hydrogen-bond acceptors (Lipinski definition) is 0. The summed E-state index contributed by atoms with van der Waals surface area (Å²) in [6.45, 7) is 1.96. The summed E-state index contributed by atoms with van der Waals surface area (Å²) in [5.74, 6) is 2.56. The first-order valence-electron chi connectivity index (χ1n) is 3.32. The maximum Gasteiger partial charge on any atom is 2.00 e. The van der Waals surface area contributed by atoms with Crippen LogP contribution in [0.3, 0.4) is 0 Å². The molecular weight excluding hydrogens is 224 g/mol. The van der Waals surface area contributed by atoms with Gasteiger partial charge in [-0.25, -0.2) is 0 Å². The van der Waals surface area contributed by atoms with Crippen LogP contribution in [0.1, 0.15) is 18.4 Å². The zero-order valence-electron chi connectivity index (χ0n) is 7.05. The van der Waals surface area contributed by atoms with Crippen molar-refractivity contribution in [3.05, 3.63) is 42.3 Å². The molecule has 12 heavy (non-hydrogen) atoms. The molecule has 0 nitrogen and oxygen atoms in total. The van der Waals surface area contributed by atoms with Crippen LogP contribution in [-0.2, 0) is 0 Å². The molecule has 0 amide bonds. The third-order valence-corrected chi connectivity index (χ3v) is 1.52. The van der Waals surface area contributed by atoms with Crippen LogP contribution in [0.15, 0.2) is 30.3 Å². The van der Waals surface area contributed by atoms with E-state index in [2.05, 4.69) is 5.92 Å². The van der Waals surface area contributed by atoms with Crippen LogP contribution in [0.25, 0.3) is 0 Å². The molecule has 0 aliphatic heterocycles. The zero-order chi connectivity index (χ0) is 7.40. The molecule has 0 spiro atoms. The van der Waals surface area contributed by atoms with Gasteiger partial charge in [-0.05, 0) is 5.56 Å². The van der Waals surface area contributed by atoms with E-state index in [9.17, 15) is 0 Å². The molecule has 0 heterocycles. The van der Waals surface area contributed by atoms with Crippen molar-refractivity contribution in [3.63, 3.8) is 0 Å². The van der Waals surface area contributed by atoms with Crippen molar-refractivity contribution in [1.82, 2.24) is 0 Å². The van der Waals surface area contributed by atoms with Crippen LogP contribution < -0.4 is 17.0 Å². The van der Waals surface area contributed by atoms with Crippen molar-refractivity contribution in [2.75, 3.05) is 0 Å². The summed E-state index contributed by atoms with van der Waals surface area (Å²) in [5.41, 5.74) is 1.15. The van der Waals surface area contributed by atoms with Crippen LogP contribution >= 0.6 is 0 Å². The normalized spacial score (nSPS) is 10.0. The molecule has 0 fully saturated rings. The van der Waals surface area contributed by atoms with E-state index in [1.807, 2.05) is 37.3 Å². The summed E-state index contributed by atoms with van der Waals surface area (Å²) in [4.78, 5) is 0. The molecular formula is C10H9BrMg. The first-order valence-corrected chi connectivity index (χ1v) is 3.32. The van der Waals surface area contributed by atoms with E-state index < -0.39 is 0 Å². The van der Waals surface area contributed by atoms with Crippen LogP contribution in [0, 0.1) is 12.3 Å². The van der Waals surface area contributed by atoms with E-state index in [4.69, 9.17) is 6.42 Å². The fourth-order valence-corrected chi connectivity index (χ4v) is 0.825. The maximum atomic E-state index is 6.90. The van der Waals surface area contributed by atoms with Crippen molar-refractivity contribution in [1.29, 1.82) is 0 Å². The Labute approximate surface area is 101 Å². The first kappa shape index (κ1) is 14.5. The summed E-state index contributed by atoms with van der Waals surface area (Å²) in [6.07, 6.45) is 6.90. The molecule has 58 valence electrons. The van der Waals surface area contributed by atoms with E-state index in [1.54, 1.807) is 0 Å². The average molecular weight is 233 g/mol. The quantitative estimate of drug-likeness (QED) is 0.332. The SMILES string of the molecule is [Br-].[C-]#CC(C)c1ccccc1.[Mg+2]. The molecule has 1 atom stereocenters. The van der Waals surface area contributed by atoms with Gasteiger partial charge in [-0.2, -0.15) is 0 Å². The Morgan fingerprint density at radius 1 is 1.25 bits per heavy atom. The van der Waals surface area contributed by atoms with Gasteiger partial charge in [-0.3, -0.25) is 0 Å². The van der Waals surface area contributed by atoms with Gasteiger partial charge >= 0.3 is 23.1 Å². The smallest absolute Gasteiger partial charge is 1.00 e. The van der Waals surface area contributed by atoms with Gasteiger partial charge in [0.05, 0.1) is 0 Å². The molecule has 0 aliphatic rings. The van der Waals surface area contributed by atoms with Gasteiger partial charge in [0, 0.05) is 5.92 Å². The van der Waals surface area contributed by atoms with Crippen molar-refractivity contribution >= 4 is 23.1 Å². The van der Waals surface area contributed by atoms with Crippen LogP contribution in [0.2, 0.25) is 0 Å². The Morgan fingerprint density at radius 2 is 1.75 bits per heavy atom. The summed E-state index contributed by atoms with van der Waals surface area (Å²) in [7, 11) is 0. The maximum absolute atomic E-state index is 6.90. The molecule has 1 aromatic carbocycles. The third-order valence-electron chi connectivity index (χ3n) is 1.52. The van der Waals surface area contributed by atoms with Crippen LogP contribution in [-0.4, -0.2) is 23.1 Å². The summed E-state index contributed by atoms with van der Waals surface area (Å²) in [5, 5.41) is 0. The fourth-order valence-electron chi connectivity index (χ4n) is 0.825. The van der Waals surface area contributed by atoms with Crippen molar-refractivity contribution in [3.8, 4) is 5.92 Å². The number of benzene rings is 1. The second kappa shape index (κ2) is 7.66.